The Labute approximate surface area is 138 Å². The fourth-order valence-electron chi connectivity index (χ4n) is 5.86. The number of rotatable bonds is 1. The molecule has 3 heteroatoms. The van der Waals surface area contributed by atoms with Crippen LogP contribution in [0.5, 0.6) is 0 Å². The molecule has 3 saturated heterocycles. The van der Waals surface area contributed by atoms with E-state index in [9.17, 15) is 4.79 Å². The quantitative estimate of drug-likeness (QED) is 0.796. The van der Waals surface area contributed by atoms with Gasteiger partial charge in [0.1, 0.15) is 0 Å². The molecule has 0 saturated carbocycles. The highest BCUT2D eigenvalue weighted by molar-refractivity contribution is 5.98. The zero-order valence-corrected chi connectivity index (χ0v) is 14.1. The molecule has 2 bridgehead atoms. The van der Waals surface area contributed by atoms with Crippen molar-refractivity contribution in [3.63, 3.8) is 0 Å². The maximum atomic E-state index is 13.3. The Morgan fingerprint density at radius 1 is 1.17 bits per heavy atom. The van der Waals surface area contributed by atoms with Crippen molar-refractivity contribution in [1.82, 2.24) is 9.80 Å². The van der Waals surface area contributed by atoms with E-state index < -0.39 is 0 Å². The van der Waals surface area contributed by atoms with Gasteiger partial charge in [-0.25, -0.2) is 0 Å². The minimum atomic E-state index is 0.0404. The topological polar surface area (TPSA) is 23.6 Å². The van der Waals surface area contributed by atoms with E-state index in [1.54, 1.807) is 0 Å². The van der Waals surface area contributed by atoms with Gasteiger partial charge in [-0.2, -0.15) is 0 Å². The first kappa shape index (κ1) is 14.0. The highest BCUT2D eigenvalue weighted by atomic mass is 16.2. The smallest absolute Gasteiger partial charge is 0.254 e. The van der Waals surface area contributed by atoms with Gasteiger partial charge in [-0.3, -0.25) is 4.79 Å². The standard InChI is InChI=1S/C20H26N2O/c1-20(13-21-10-8-16(20)9-11-21)22-12-15-6-2-4-14-5-3-7-17(18(14)15)19(22)23/h3,5,7,15-16H,2,4,6,8-13H2,1H3/t15-,20?/m1/s1. The van der Waals surface area contributed by atoms with Crippen LogP contribution in [0, 0.1) is 5.92 Å². The maximum Gasteiger partial charge on any atom is 0.254 e. The van der Waals surface area contributed by atoms with Crippen molar-refractivity contribution in [3.8, 4) is 0 Å². The number of amides is 1. The molecule has 0 radical (unpaired) electrons. The Morgan fingerprint density at radius 2 is 2.00 bits per heavy atom. The molecular formula is C20H26N2O. The lowest BCUT2D eigenvalue weighted by atomic mass is 9.70. The van der Waals surface area contributed by atoms with Crippen molar-refractivity contribution in [2.45, 2.75) is 50.5 Å². The van der Waals surface area contributed by atoms with Crippen LogP contribution >= 0.6 is 0 Å². The van der Waals surface area contributed by atoms with Crippen molar-refractivity contribution in [2.24, 2.45) is 5.92 Å². The van der Waals surface area contributed by atoms with Gasteiger partial charge >= 0.3 is 0 Å². The Kier molecular flexibility index (Phi) is 2.94. The van der Waals surface area contributed by atoms with Crippen LogP contribution in [0.15, 0.2) is 18.2 Å². The third-order valence-corrected chi connectivity index (χ3v) is 7.11. The van der Waals surface area contributed by atoms with E-state index in [1.807, 2.05) is 0 Å². The summed E-state index contributed by atoms with van der Waals surface area (Å²) in [6.07, 6.45) is 6.20. The van der Waals surface area contributed by atoms with Crippen LogP contribution in [0.3, 0.4) is 0 Å². The molecule has 4 heterocycles. The highest BCUT2D eigenvalue weighted by Crippen LogP contribution is 2.45. The number of carbonyl (C=O) groups excluding carboxylic acids is 1. The highest BCUT2D eigenvalue weighted by Gasteiger charge is 2.51. The molecule has 1 aromatic rings. The van der Waals surface area contributed by atoms with Crippen LogP contribution in [-0.4, -0.2) is 47.4 Å². The van der Waals surface area contributed by atoms with Gasteiger partial charge in [0.15, 0.2) is 0 Å². The Morgan fingerprint density at radius 3 is 2.74 bits per heavy atom. The SMILES string of the molecule is CC1(N2C[C@H]3CCCc4cccc(c43)C2=O)CN2CCC1CC2. The summed E-state index contributed by atoms with van der Waals surface area (Å²) in [4.78, 5) is 18.2. The molecule has 1 aliphatic carbocycles. The number of hydrogen-bond donors (Lipinski definition) is 0. The molecule has 23 heavy (non-hydrogen) atoms. The lowest BCUT2D eigenvalue weighted by Crippen LogP contribution is -2.68. The lowest BCUT2D eigenvalue weighted by Gasteiger charge is -2.58. The summed E-state index contributed by atoms with van der Waals surface area (Å²) in [7, 11) is 0. The van der Waals surface area contributed by atoms with Gasteiger partial charge in [0, 0.05) is 24.6 Å². The predicted molar refractivity (Wildman–Crippen MR) is 90.7 cm³/mol. The van der Waals surface area contributed by atoms with Crippen molar-refractivity contribution < 1.29 is 4.79 Å². The summed E-state index contributed by atoms with van der Waals surface area (Å²) in [6.45, 7) is 6.84. The summed E-state index contributed by atoms with van der Waals surface area (Å²) >= 11 is 0. The number of carbonyl (C=O) groups is 1. The summed E-state index contributed by atoms with van der Waals surface area (Å²) in [5.41, 5.74) is 3.88. The van der Waals surface area contributed by atoms with Gasteiger partial charge < -0.3 is 9.80 Å². The average Bonchev–Trinajstić information content (AvgIpc) is 2.59. The van der Waals surface area contributed by atoms with Gasteiger partial charge in [0.25, 0.3) is 5.91 Å². The van der Waals surface area contributed by atoms with Crippen LogP contribution in [-0.2, 0) is 6.42 Å². The zero-order chi connectivity index (χ0) is 15.6. The molecule has 0 aromatic heterocycles. The predicted octanol–water partition coefficient (Wildman–Crippen LogP) is 3.05. The maximum absolute atomic E-state index is 13.3. The normalized spacial score (nSPS) is 38.6. The molecule has 1 unspecified atom stereocenters. The summed E-state index contributed by atoms with van der Waals surface area (Å²) in [6, 6.07) is 6.41. The Hall–Kier alpha value is -1.35. The molecule has 3 nitrogen and oxygen atoms in total. The number of benzene rings is 1. The molecule has 6 rings (SSSR count). The van der Waals surface area contributed by atoms with E-state index in [1.165, 1.54) is 49.9 Å². The van der Waals surface area contributed by atoms with Gasteiger partial charge in [0.2, 0.25) is 0 Å². The first-order valence-corrected chi connectivity index (χ1v) is 9.33. The number of hydrogen-bond acceptors (Lipinski definition) is 2. The first-order chi connectivity index (χ1) is 11.2. The second-order valence-electron chi connectivity index (χ2n) is 8.29. The molecule has 1 amide bonds. The van der Waals surface area contributed by atoms with E-state index in [2.05, 4.69) is 34.9 Å². The van der Waals surface area contributed by atoms with Crippen molar-refractivity contribution >= 4 is 5.91 Å². The molecule has 122 valence electrons. The number of piperidine rings is 3. The van der Waals surface area contributed by atoms with Crippen LogP contribution in [0.2, 0.25) is 0 Å². The summed E-state index contributed by atoms with van der Waals surface area (Å²) in [5.74, 6) is 1.56. The summed E-state index contributed by atoms with van der Waals surface area (Å²) in [5, 5.41) is 0. The van der Waals surface area contributed by atoms with Crippen LogP contribution < -0.4 is 0 Å². The second kappa shape index (κ2) is 4.83. The molecule has 4 aliphatic heterocycles. The largest absolute Gasteiger partial charge is 0.331 e. The molecular weight excluding hydrogens is 284 g/mol. The van der Waals surface area contributed by atoms with Crippen molar-refractivity contribution in [3.05, 3.63) is 34.9 Å². The van der Waals surface area contributed by atoms with Gasteiger partial charge in [0.05, 0.1) is 5.54 Å². The Balaban J connectivity index is 1.57. The third-order valence-electron chi connectivity index (χ3n) is 7.11. The molecule has 2 atom stereocenters. The molecule has 0 N–H and O–H groups in total. The summed E-state index contributed by atoms with van der Waals surface area (Å²) < 4.78 is 0. The average molecular weight is 310 g/mol. The van der Waals surface area contributed by atoms with E-state index in [0.29, 0.717) is 17.7 Å². The number of nitrogens with zero attached hydrogens (tertiary/aromatic N) is 2. The fraction of sp³-hybridized carbons (Fsp3) is 0.650. The molecule has 3 fully saturated rings. The minimum Gasteiger partial charge on any atom is -0.331 e. The lowest BCUT2D eigenvalue weighted by molar-refractivity contribution is -0.0525. The number of aryl methyl sites for hydroxylation is 1. The van der Waals surface area contributed by atoms with Crippen molar-refractivity contribution in [1.29, 1.82) is 0 Å². The number of fused-ring (bicyclic) bond motifs is 3. The van der Waals surface area contributed by atoms with Crippen LogP contribution in [0.4, 0.5) is 0 Å². The second-order valence-corrected chi connectivity index (χ2v) is 8.29. The van der Waals surface area contributed by atoms with Gasteiger partial charge in [-0.15, -0.1) is 0 Å². The van der Waals surface area contributed by atoms with E-state index >= 15 is 0 Å². The van der Waals surface area contributed by atoms with Gasteiger partial charge in [-0.1, -0.05) is 12.1 Å². The van der Waals surface area contributed by atoms with E-state index in [-0.39, 0.29) is 5.54 Å². The zero-order valence-electron chi connectivity index (χ0n) is 14.1. The monoisotopic (exact) mass is 310 g/mol. The van der Waals surface area contributed by atoms with Crippen molar-refractivity contribution in [2.75, 3.05) is 26.2 Å². The van der Waals surface area contributed by atoms with Gasteiger partial charge in [-0.05, 0) is 75.2 Å². The first-order valence-electron chi connectivity index (χ1n) is 9.33. The van der Waals surface area contributed by atoms with E-state index in [0.717, 1.165) is 25.1 Å². The molecule has 5 aliphatic rings. The minimum absolute atomic E-state index is 0.0404. The van der Waals surface area contributed by atoms with E-state index in [4.69, 9.17) is 0 Å². The molecule has 0 spiro atoms. The Bertz CT molecular complexity index is 662. The third kappa shape index (κ3) is 1.89. The van der Waals surface area contributed by atoms with Crippen LogP contribution in [0.25, 0.3) is 0 Å². The van der Waals surface area contributed by atoms with Crippen LogP contribution in [0.1, 0.15) is 60.0 Å². The molecule has 1 aromatic carbocycles. The fourth-order valence-corrected chi connectivity index (χ4v) is 5.86.